The van der Waals surface area contributed by atoms with Crippen molar-refractivity contribution >= 4 is 11.8 Å². The first-order valence-electron chi connectivity index (χ1n) is 5.73. The number of thioether (sulfide) groups is 1. The molecule has 0 bridgehead atoms. The first-order valence-corrected chi connectivity index (χ1v) is 6.72. The van der Waals surface area contributed by atoms with E-state index in [1.807, 2.05) is 13.0 Å². The van der Waals surface area contributed by atoms with Crippen LogP contribution in [0.3, 0.4) is 0 Å². The van der Waals surface area contributed by atoms with Crippen LogP contribution in [0.4, 0.5) is 4.39 Å². The molecule has 0 spiro atoms. The van der Waals surface area contributed by atoms with E-state index in [4.69, 9.17) is 10.5 Å². The smallest absolute Gasteiger partial charge is 0.126 e. The molecule has 0 amide bonds. The van der Waals surface area contributed by atoms with Gasteiger partial charge in [0.25, 0.3) is 0 Å². The van der Waals surface area contributed by atoms with Crippen LogP contribution in [0.15, 0.2) is 17.0 Å². The molecule has 17 heavy (non-hydrogen) atoms. The van der Waals surface area contributed by atoms with E-state index in [0.29, 0.717) is 5.56 Å². The molecule has 0 fully saturated rings. The van der Waals surface area contributed by atoms with Crippen molar-refractivity contribution in [1.82, 2.24) is 0 Å². The predicted octanol–water partition coefficient (Wildman–Crippen LogP) is 3.28. The fourth-order valence-electron chi connectivity index (χ4n) is 1.54. The van der Waals surface area contributed by atoms with Crippen LogP contribution < -0.4 is 5.73 Å². The summed E-state index contributed by atoms with van der Waals surface area (Å²) in [6.07, 6.45) is 0.982. The second-order valence-corrected chi connectivity index (χ2v) is 5.26. The quantitative estimate of drug-likeness (QED) is 0.627. The lowest BCUT2D eigenvalue weighted by Gasteiger charge is -2.14. The Morgan fingerprint density at radius 2 is 2.18 bits per heavy atom. The number of aryl methyl sites for hydroxylation is 1. The molecule has 0 aliphatic carbocycles. The number of rotatable bonds is 6. The highest BCUT2D eigenvalue weighted by molar-refractivity contribution is 7.99. The summed E-state index contributed by atoms with van der Waals surface area (Å²) in [6, 6.07) is 3.29. The fraction of sp³-hybridized carbons (Fsp3) is 0.538. The zero-order valence-electron chi connectivity index (χ0n) is 10.6. The summed E-state index contributed by atoms with van der Waals surface area (Å²) in [5.41, 5.74) is 7.41. The highest BCUT2D eigenvalue weighted by atomic mass is 32.2. The molecule has 0 radical (unpaired) electrons. The van der Waals surface area contributed by atoms with Crippen LogP contribution in [-0.4, -0.2) is 19.5 Å². The molecule has 2 N–H and O–H groups in total. The maximum absolute atomic E-state index is 13.5. The molecule has 0 aliphatic heterocycles. The fourth-order valence-corrected chi connectivity index (χ4v) is 2.69. The Balaban J connectivity index is 2.78. The van der Waals surface area contributed by atoms with Gasteiger partial charge in [0.1, 0.15) is 5.82 Å². The van der Waals surface area contributed by atoms with Gasteiger partial charge in [-0.15, -0.1) is 11.8 Å². The van der Waals surface area contributed by atoms with Crippen LogP contribution in [0.25, 0.3) is 0 Å². The average Bonchev–Trinajstić information content (AvgIpc) is 2.28. The van der Waals surface area contributed by atoms with Crippen molar-refractivity contribution in [2.45, 2.75) is 31.2 Å². The van der Waals surface area contributed by atoms with Gasteiger partial charge < -0.3 is 10.5 Å². The van der Waals surface area contributed by atoms with E-state index in [9.17, 15) is 4.39 Å². The van der Waals surface area contributed by atoms with E-state index in [1.165, 1.54) is 0 Å². The Hall–Kier alpha value is -0.580. The van der Waals surface area contributed by atoms with E-state index >= 15 is 0 Å². The SMILES string of the molecule is COCCCSc1cc(C)c(F)cc1[C@H](C)N. The number of methoxy groups -OCH3 is 1. The summed E-state index contributed by atoms with van der Waals surface area (Å²) in [5.74, 6) is 0.775. The van der Waals surface area contributed by atoms with E-state index in [0.717, 1.165) is 29.2 Å². The molecule has 1 aromatic carbocycles. The minimum absolute atomic E-state index is 0.143. The summed E-state index contributed by atoms with van der Waals surface area (Å²) in [5, 5.41) is 0. The van der Waals surface area contributed by atoms with Gasteiger partial charge in [-0.1, -0.05) is 0 Å². The number of ether oxygens (including phenoxy) is 1. The summed E-state index contributed by atoms with van der Waals surface area (Å²) < 4.78 is 18.5. The van der Waals surface area contributed by atoms with Crippen LogP contribution in [-0.2, 0) is 4.74 Å². The monoisotopic (exact) mass is 257 g/mol. The third-order valence-corrected chi connectivity index (χ3v) is 3.69. The normalized spacial score (nSPS) is 12.8. The Bertz CT molecular complexity index is 369. The van der Waals surface area contributed by atoms with Gasteiger partial charge in [0.05, 0.1) is 0 Å². The first-order chi connectivity index (χ1) is 8.06. The Morgan fingerprint density at radius 1 is 1.47 bits per heavy atom. The molecular weight excluding hydrogens is 237 g/mol. The van der Waals surface area contributed by atoms with E-state index in [2.05, 4.69) is 0 Å². The van der Waals surface area contributed by atoms with E-state index < -0.39 is 0 Å². The summed E-state index contributed by atoms with van der Waals surface area (Å²) in [4.78, 5) is 1.08. The number of hydrogen-bond donors (Lipinski definition) is 1. The Kier molecular flexibility index (Phi) is 5.95. The van der Waals surface area contributed by atoms with Crippen LogP contribution in [0.1, 0.15) is 30.5 Å². The lowest BCUT2D eigenvalue weighted by molar-refractivity contribution is 0.200. The standard InChI is InChI=1S/C13H20FNOS/c1-9-7-13(17-6-4-5-16-3)11(10(2)15)8-12(9)14/h7-8,10H,4-6,15H2,1-3H3/t10-/m0/s1. The number of benzene rings is 1. The van der Waals surface area contributed by atoms with Gasteiger partial charge in [0, 0.05) is 30.4 Å². The molecule has 0 aliphatic rings. The molecule has 2 nitrogen and oxygen atoms in total. The molecule has 96 valence electrons. The van der Waals surface area contributed by atoms with Crippen molar-refractivity contribution in [3.8, 4) is 0 Å². The average molecular weight is 257 g/mol. The van der Waals surface area contributed by atoms with Gasteiger partial charge in [-0.05, 0) is 43.5 Å². The van der Waals surface area contributed by atoms with Crippen molar-refractivity contribution in [3.05, 3.63) is 29.1 Å². The molecule has 0 aromatic heterocycles. The Labute approximate surface area is 107 Å². The van der Waals surface area contributed by atoms with Gasteiger partial charge in [-0.2, -0.15) is 0 Å². The third kappa shape index (κ3) is 4.30. The molecule has 1 aromatic rings. The van der Waals surface area contributed by atoms with Crippen molar-refractivity contribution < 1.29 is 9.13 Å². The molecule has 0 saturated carbocycles. The maximum atomic E-state index is 13.5. The van der Waals surface area contributed by atoms with Crippen molar-refractivity contribution in [1.29, 1.82) is 0 Å². The highest BCUT2D eigenvalue weighted by Crippen LogP contribution is 2.29. The molecule has 0 unspecified atom stereocenters. The number of nitrogens with two attached hydrogens (primary N) is 1. The maximum Gasteiger partial charge on any atom is 0.126 e. The van der Waals surface area contributed by atoms with Crippen molar-refractivity contribution in [2.24, 2.45) is 5.73 Å². The van der Waals surface area contributed by atoms with E-state index in [-0.39, 0.29) is 11.9 Å². The van der Waals surface area contributed by atoms with E-state index in [1.54, 1.807) is 31.9 Å². The lowest BCUT2D eigenvalue weighted by Crippen LogP contribution is -2.08. The molecule has 0 saturated heterocycles. The van der Waals surface area contributed by atoms with Gasteiger partial charge in [0.15, 0.2) is 0 Å². The van der Waals surface area contributed by atoms with Gasteiger partial charge in [-0.25, -0.2) is 4.39 Å². The Morgan fingerprint density at radius 3 is 2.76 bits per heavy atom. The molecule has 1 rings (SSSR count). The second kappa shape index (κ2) is 6.99. The van der Waals surface area contributed by atoms with Gasteiger partial charge in [0.2, 0.25) is 0 Å². The zero-order valence-corrected chi connectivity index (χ0v) is 11.4. The minimum Gasteiger partial charge on any atom is -0.385 e. The molecule has 1 atom stereocenters. The van der Waals surface area contributed by atoms with Crippen LogP contribution in [0.5, 0.6) is 0 Å². The first kappa shape index (κ1) is 14.5. The van der Waals surface area contributed by atoms with Crippen molar-refractivity contribution in [3.63, 3.8) is 0 Å². The molecule has 4 heteroatoms. The highest BCUT2D eigenvalue weighted by Gasteiger charge is 2.11. The van der Waals surface area contributed by atoms with Crippen LogP contribution in [0.2, 0.25) is 0 Å². The predicted molar refractivity (Wildman–Crippen MR) is 71.0 cm³/mol. The summed E-state index contributed by atoms with van der Waals surface area (Å²) >= 11 is 1.71. The topological polar surface area (TPSA) is 35.2 Å². The third-order valence-electron chi connectivity index (χ3n) is 2.53. The lowest BCUT2D eigenvalue weighted by atomic mass is 10.1. The van der Waals surface area contributed by atoms with Crippen LogP contribution >= 0.6 is 11.8 Å². The largest absolute Gasteiger partial charge is 0.385 e. The van der Waals surface area contributed by atoms with Gasteiger partial charge >= 0.3 is 0 Å². The minimum atomic E-state index is -0.182. The number of hydrogen-bond acceptors (Lipinski definition) is 3. The number of halogens is 1. The molecule has 0 heterocycles. The molecular formula is C13H20FNOS. The summed E-state index contributed by atoms with van der Waals surface area (Å²) in [7, 11) is 1.69. The second-order valence-electron chi connectivity index (χ2n) is 4.12. The summed E-state index contributed by atoms with van der Waals surface area (Å²) in [6.45, 7) is 4.41. The van der Waals surface area contributed by atoms with Crippen molar-refractivity contribution in [2.75, 3.05) is 19.5 Å². The zero-order chi connectivity index (χ0) is 12.8. The van der Waals surface area contributed by atoms with Gasteiger partial charge in [-0.3, -0.25) is 0 Å². The van der Waals surface area contributed by atoms with Crippen LogP contribution in [0, 0.1) is 12.7 Å².